The first-order valence-electron chi connectivity index (χ1n) is 14.9. The predicted octanol–water partition coefficient (Wildman–Crippen LogP) is 4.97. The lowest BCUT2D eigenvalue weighted by Crippen LogP contribution is -2.49. The number of carbonyl (C=O) groups excluding carboxylic acids is 2. The molecule has 2 saturated heterocycles. The number of hydrazone groups is 1. The highest BCUT2D eigenvalue weighted by atomic mass is 16.5. The van der Waals surface area contributed by atoms with Gasteiger partial charge in [-0.3, -0.25) is 19.5 Å². The van der Waals surface area contributed by atoms with Gasteiger partial charge in [0.05, 0.1) is 6.04 Å². The van der Waals surface area contributed by atoms with E-state index in [0.29, 0.717) is 12.0 Å². The second-order valence-electron chi connectivity index (χ2n) is 11.3. The zero-order chi connectivity index (χ0) is 27.8. The van der Waals surface area contributed by atoms with E-state index in [1.807, 2.05) is 48.3 Å². The highest BCUT2D eigenvalue weighted by molar-refractivity contribution is 6.06. The fraction of sp³-hybridized carbons (Fsp3) is 0.645. The SMILES string of the molecule is CCC(CC)CN1CCN(C(=O)c2cc(C)c(NC(=O)C3=CN(C4CCCCOCC4)N=CC3)cc2C)CC1. The van der Waals surface area contributed by atoms with Crippen LogP contribution in [-0.4, -0.2) is 84.8 Å². The van der Waals surface area contributed by atoms with Gasteiger partial charge in [-0.1, -0.05) is 26.7 Å². The molecule has 0 bridgehead atoms. The Morgan fingerprint density at radius 1 is 1.03 bits per heavy atom. The van der Waals surface area contributed by atoms with Crippen LogP contribution in [0.3, 0.4) is 0 Å². The first-order chi connectivity index (χ1) is 18.9. The summed E-state index contributed by atoms with van der Waals surface area (Å²) in [6.07, 6.45) is 10.7. The number of carbonyl (C=O) groups is 2. The molecule has 8 heteroatoms. The van der Waals surface area contributed by atoms with Crippen LogP contribution in [-0.2, 0) is 9.53 Å². The summed E-state index contributed by atoms with van der Waals surface area (Å²) in [5.74, 6) is 0.694. The first kappa shape index (κ1) is 29.3. The number of rotatable bonds is 8. The minimum atomic E-state index is -0.122. The summed E-state index contributed by atoms with van der Waals surface area (Å²) in [4.78, 5) is 31.1. The highest BCUT2D eigenvalue weighted by Crippen LogP contribution is 2.25. The van der Waals surface area contributed by atoms with Gasteiger partial charge in [-0.15, -0.1) is 0 Å². The van der Waals surface area contributed by atoms with Gasteiger partial charge in [0.2, 0.25) is 0 Å². The number of anilines is 1. The molecule has 1 unspecified atom stereocenters. The molecular weight excluding hydrogens is 490 g/mol. The van der Waals surface area contributed by atoms with Crippen molar-refractivity contribution >= 4 is 23.7 Å². The number of aryl methyl sites for hydroxylation is 2. The Labute approximate surface area is 234 Å². The van der Waals surface area contributed by atoms with E-state index in [0.717, 1.165) is 99.9 Å². The molecule has 0 aromatic heterocycles. The monoisotopic (exact) mass is 537 g/mol. The van der Waals surface area contributed by atoms with Crippen molar-refractivity contribution in [2.75, 3.05) is 51.3 Å². The summed E-state index contributed by atoms with van der Waals surface area (Å²) in [5, 5.41) is 9.59. The lowest BCUT2D eigenvalue weighted by atomic mass is 10.0. The Kier molecular flexibility index (Phi) is 10.6. The van der Waals surface area contributed by atoms with Crippen LogP contribution in [0.15, 0.2) is 29.0 Å². The fourth-order valence-electron chi connectivity index (χ4n) is 5.74. The Hall–Kier alpha value is -2.71. The third-order valence-corrected chi connectivity index (χ3v) is 8.53. The van der Waals surface area contributed by atoms with Crippen molar-refractivity contribution in [3.05, 3.63) is 40.6 Å². The summed E-state index contributed by atoms with van der Waals surface area (Å²) in [5.41, 5.74) is 3.94. The predicted molar refractivity (Wildman–Crippen MR) is 157 cm³/mol. The van der Waals surface area contributed by atoms with E-state index in [-0.39, 0.29) is 17.9 Å². The average molecular weight is 538 g/mol. The minimum absolute atomic E-state index is 0.0840. The summed E-state index contributed by atoms with van der Waals surface area (Å²) in [6.45, 7) is 14.5. The topological polar surface area (TPSA) is 77.5 Å². The van der Waals surface area contributed by atoms with Gasteiger partial charge in [-0.05, 0) is 68.7 Å². The quantitative estimate of drug-likeness (QED) is 0.507. The molecule has 3 aliphatic heterocycles. The number of nitrogens with zero attached hydrogens (tertiary/aromatic N) is 4. The first-order valence-corrected chi connectivity index (χ1v) is 14.9. The maximum absolute atomic E-state index is 13.4. The van der Waals surface area contributed by atoms with Gasteiger partial charge in [0.15, 0.2) is 0 Å². The minimum Gasteiger partial charge on any atom is -0.381 e. The molecule has 214 valence electrons. The van der Waals surface area contributed by atoms with E-state index < -0.39 is 0 Å². The van der Waals surface area contributed by atoms with Crippen molar-refractivity contribution < 1.29 is 14.3 Å². The normalized spacial score (nSPS) is 20.9. The molecule has 3 heterocycles. The van der Waals surface area contributed by atoms with Crippen molar-refractivity contribution in [3.8, 4) is 0 Å². The molecule has 0 radical (unpaired) electrons. The Balaban J connectivity index is 1.37. The molecule has 2 fully saturated rings. The molecule has 0 aliphatic carbocycles. The van der Waals surface area contributed by atoms with E-state index in [2.05, 4.69) is 29.2 Å². The fourth-order valence-corrected chi connectivity index (χ4v) is 5.74. The lowest BCUT2D eigenvalue weighted by molar-refractivity contribution is -0.113. The van der Waals surface area contributed by atoms with Crippen molar-refractivity contribution in [2.45, 2.75) is 78.7 Å². The van der Waals surface area contributed by atoms with E-state index in [1.165, 1.54) is 12.8 Å². The molecule has 1 atom stereocenters. The molecule has 4 rings (SSSR count). The van der Waals surface area contributed by atoms with E-state index in [4.69, 9.17) is 4.74 Å². The number of nitrogens with one attached hydrogen (secondary N) is 1. The largest absolute Gasteiger partial charge is 0.381 e. The van der Waals surface area contributed by atoms with E-state index >= 15 is 0 Å². The zero-order valence-corrected chi connectivity index (χ0v) is 24.4. The van der Waals surface area contributed by atoms with Gasteiger partial charge in [0.25, 0.3) is 11.8 Å². The Morgan fingerprint density at radius 3 is 2.54 bits per heavy atom. The van der Waals surface area contributed by atoms with Gasteiger partial charge in [0.1, 0.15) is 0 Å². The second-order valence-corrected chi connectivity index (χ2v) is 11.3. The summed E-state index contributed by atoms with van der Waals surface area (Å²) in [7, 11) is 0. The smallest absolute Gasteiger partial charge is 0.254 e. The summed E-state index contributed by atoms with van der Waals surface area (Å²) in [6, 6.07) is 4.12. The van der Waals surface area contributed by atoms with Crippen molar-refractivity contribution in [3.63, 3.8) is 0 Å². The van der Waals surface area contributed by atoms with Crippen LogP contribution in [0.4, 0.5) is 5.69 Å². The van der Waals surface area contributed by atoms with Crippen LogP contribution in [0.2, 0.25) is 0 Å². The van der Waals surface area contributed by atoms with E-state index in [1.54, 1.807) is 0 Å². The third-order valence-electron chi connectivity index (χ3n) is 8.53. The van der Waals surface area contributed by atoms with Gasteiger partial charge in [-0.2, -0.15) is 5.10 Å². The molecule has 1 aromatic carbocycles. The molecule has 0 saturated carbocycles. The van der Waals surface area contributed by atoms with E-state index in [9.17, 15) is 9.59 Å². The lowest BCUT2D eigenvalue weighted by Gasteiger charge is -2.36. The van der Waals surface area contributed by atoms with Crippen LogP contribution in [0.25, 0.3) is 0 Å². The Morgan fingerprint density at radius 2 is 1.79 bits per heavy atom. The molecule has 3 aliphatic rings. The molecule has 2 amide bonds. The van der Waals surface area contributed by atoms with Crippen LogP contribution >= 0.6 is 0 Å². The number of hydrogen-bond acceptors (Lipinski definition) is 6. The number of piperazine rings is 1. The van der Waals surface area contributed by atoms with Gasteiger partial charge in [-0.25, -0.2) is 0 Å². The van der Waals surface area contributed by atoms with Gasteiger partial charge >= 0.3 is 0 Å². The zero-order valence-electron chi connectivity index (χ0n) is 24.4. The molecule has 39 heavy (non-hydrogen) atoms. The van der Waals surface area contributed by atoms with Crippen molar-refractivity contribution in [1.82, 2.24) is 14.8 Å². The van der Waals surface area contributed by atoms with Gasteiger partial charge in [0, 0.05) is 81.6 Å². The number of benzene rings is 1. The van der Waals surface area contributed by atoms with Crippen molar-refractivity contribution in [1.29, 1.82) is 0 Å². The molecule has 1 N–H and O–H groups in total. The number of hydrogen-bond donors (Lipinski definition) is 1. The number of ether oxygens (including phenoxy) is 1. The molecule has 1 aromatic rings. The maximum atomic E-state index is 13.4. The van der Waals surface area contributed by atoms with Crippen LogP contribution in [0, 0.1) is 19.8 Å². The average Bonchev–Trinajstić information content (AvgIpc) is 2.93. The summed E-state index contributed by atoms with van der Waals surface area (Å²) >= 11 is 0. The van der Waals surface area contributed by atoms with Crippen LogP contribution in [0.5, 0.6) is 0 Å². The molecular formula is C31H47N5O3. The highest BCUT2D eigenvalue weighted by Gasteiger charge is 2.26. The summed E-state index contributed by atoms with van der Waals surface area (Å²) < 4.78 is 5.66. The van der Waals surface area contributed by atoms with Gasteiger partial charge < -0.3 is 15.0 Å². The molecule has 0 spiro atoms. The standard InChI is InChI=1S/C31H47N5O3/c1-5-25(6-2)21-34-13-15-35(16-14-34)31(38)28-19-24(4)29(20-23(28)3)33-30(37)26-10-12-32-36(22-26)27-9-7-8-17-39-18-11-27/h12,19-20,22,25,27H,5-11,13-18,21H2,1-4H3,(H,33,37). The van der Waals surface area contributed by atoms with Crippen molar-refractivity contribution in [2.24, 2.45) is 11.0 Å². The van der Waals surface area contributed by atoms with Crippen LogP contribution in [0.1, 0.15) is 80.3 Å². The second kappa shape index (κ2) is 14.1. The Bertz CT molecular complexity index is 1050. The maximum Gasteiger partial charge on any atom is 0.254 e. The van der Waals surface area contributed by atoms with Crippen LogP contribution < -0.4 is 5.32 Å². The third kappa shape index (κ3) is 7.70. The number of amides is 2. The molecule has 8 nitrogen and oxygen atoms in total.